The van der Waals surface area contributed by atoms with E-state index in [9.17, 15) is 14.4 Å². The Labute approximate surface area is 204 Å². The molecule has 1 aromatic heterocycles. The summed E-state index contributed by atoms with van der Waals surface area (Å²) in [6.07, 6.45) is 5.02. The highest BCUT2D eigenvalue weighted by Crippen LogP contribution is 2.29. The first-order valence-corrected chi connectivity index (χ1v) is 12.4. The molecule has 0 spiro atoms. The molecule has 8 nitrogen and oxygen atoms in total. The summed E-state index contributed by atoms with van der Waals surface area (Å²) in [4.78, 5) is 43.9. The number of nitrogens with two attached hydrogens (primary N) is 1. The smallest absolute Gasteiger partial charge is 0.270 e. The lowest BCUT2D eigenvalue weighted by molar-refractivity contribution is -0.132. The quantitative estimate of drug-likeness (QED) is 0.684. The van der Waals surface area contributed by atoms with E-state index in [1.165, 1.54) is 6.92 Å². The Morgan fingerprint density at radius 1 is 1.15 bits per heavy atom. The molecule has 1 aromatic rings. The molecule has 3 N–H and O–H groups in total. The van der Waals surface area contributed by atoms with E-state index in [0.29, 0.717) is 30.2 Å². The van der Waals surface area contributed by atoms with Crippen LogP contribution in [0.25, 0.3) is 0 Å². The maximum atomic E-state index is 13.0. The average molecular weight is 474 g/mol. The largest absolute Gasteiger partial charge is 0.370 e. The summed E-state index contributed by atoms with van der Waals surface area (Å²) in [6.45, 7) is 12.7. The Bertz CT molecular complexity index is 852. The van der Waals surface area contributed by atoms with E-state index < -0.39 is 6.04 Å². The molecule has 3 amide bonds. The lowest BCUT2D eigenvalue weighted by Crippen LogP contribution is -2.48. The van der Waals surface area contributed by atoms with E-state index in [1.54, 1.807) is 6.07 Å². The molecule has 1 saturated heterocycles. The average Bonchev–Trinajstić information content (AvgIpc) is 3.12. The minimum atomic E-state index is -0.436. The topological polar surface area (TPSA) is 109 Å². The lowest BCUT2D eigenvalue weighted by atomic mass is 9.89. The van der Waals surface area contributed by atoms with Crippen LogP contribution in [0.3, 0.4) is 0 Å². The Hall–Kier alpha value is -2.48. The van der Waals surface area contributed by atoms with Crippen molar-refractivity contribution in [3.63, 3.8) is 0 Å². The molecule has 3 rings (SSSR count). The zero-order valence-corrected chi connectivity index (χ0v) is 21.9. The molecule has 0 bridgehead atoms. The van der Waals surface area contributed by atoms with Crippen LogP contribution in [0.5, 0.6) is 0 Å². The number of pyridine rings is 1. The molecule has 2 heterocycles. The van der Waals surface area contributed by atoms with Crippen molar-refractivity contribution in [2.24, 2.45) is 5.73 Å². The molecule has 1 unspecified atom stereocenters. The van der Waals surface area contributed by atoms with Gasteiger partial charge in [0, 0.05) is 42.7 Å². The molecule has 8 heteroatoms. The predicted octanol–water partition coefficient (Wildman–Crippen LogP) is 2.85. The van der Waals surface area contributed by atoms with Crippen molar-refractivity contribution in [3.8, 4) is 0 Å². The van der Waals surface area contributed by atoms with Crippen molar-refractivity contribution in [2.45, 2.75) is 103 Å². The van der Waals surface area contributed by atoms with Crippen molar-refractivity contribution in [2.75, 3.05) is 13.6 Å². The normalized spacial score (nSPS) is 23.0. The third kappa shape index (κ3) is 7.52. The minimum Gasteiger partial charge on any atom is -0.370 e. The third-order valence-corrected chi connectivity index (χ3v) is 6.79. The summed E-state index contributed by atoms with van der Waals surface area (Å²) in [5.41, 5.74) is 5.60. The second-order valence-corrected chi connectivity index (χ2v) is 10.8. The lowest BCUT2D eigenvalue weighted by Gasteiger charge is -2.39. The highest BCUT2D eigenvalue weighted by Gasteiger charge is 2.38. The number of amides is 3. The summed E-state index contributed by atoms with van der Waals surface area (Å²) >= 11 is 0. The number of nitrogens with one attached hydrogen (secondary N) is 1. The van der Waals surface area contributed by atoms with Crippen LogP contribution < -0.4 is 11.1 Å². The Balaban J connectivity index is 0.000000945. The Morgan fingerprint density at radius 2 is 1.74 bits per heavy atom. The highest BCUT2D eigenvalue weighted by atomic mass is 16.2. The van der Waals surface area contributed by atoms with Crippen LogP contribution in [0.2, 0.25) is 0 Å². The molecule has 34 heavy (non-hydrogen) atoms. The van der Waals surface area contributed by atoms with Gasteiger partial charge >= 0.3 is 0 Å². The van der Waals surface area contributed by atoms with Crippen LogP contribution in [0, 0.1) is 0 Å². The summed E-state index contributed by atoms with van der Waals surface area (Å²) in [5.74, 6) is -0.528. The van der Waals surface area contributed by atoms with E-state index in [4.69, 9.17) is 0 Å². The second-order valence-electron chi connectivity index (χ2n) is 10.8. The number of primary amides is 1. The number of hydrogen-bond donors (Lipinski definition) is 2. The fourth-order valence-corrected chi connectivity index (χ4v) is 4.61. The van der Waals surface area contributed by atoms with E-state index >= 15 is 0 Å². The predicted molar refractivity (Wildman–Crippen MR) is 134 cm³/mol. The minimum absolute atomic E-state index is 0.0657. The maximum absolute atomic E-state index is 13.0. The maximum Gasteiger partial charge on any atom is 0.270 e. The number of nitrogens with zero attached hydrogens (tertiary/aromatic N) is 3. The molecule has 1 saturated carbocycles. The van der Waals surface area contributed by atoms with Crippen molar-refractivity contribution in [3.05, 3.63) is 29.6 Å². The molecule has 0 radical (unpaired) electrons. The zero-order valence-electron chi connectivity index (χ0n) is 21.9. The number of carbonyl (C=O) groups excluding carboxylic acids is 3. The van der Waals surface area contributed by atoms with Gasteiger partial charge < -0.3 is 20.9 Å². The van der Waals surface area contributed by atoms with E-state index in [1.807, 2.05) is 17.0 Å². The van der Waals surface area contributed by atoms with Gasteiger partial charge in [-0.15, -0.1) is 0 Å². The SMILES string of the molecule is CC(C)N(C)C1CCC(N2CCC(NC(=O)c3cccc(C(C)(C)C)n3)C2=O)CC1.CC(N)=O. The molecule has 2 aliphatic rings. The van der Waals surface area contributed by atoms with Crippen molar-refractivity contribution >= 4 is 17.7 Å². The summed E-state index contributed by atoms with van der Waals surface area (Å²) in [6, 6.07) is 6.53. The van der Waals surface area contributed by atoms with Gasteiger partial charge in [-0.1, -0.05) is 26.8 Å². The molecule has 2 fully saturated rings. The molecular formula is C26H43N5O3. The highest BCUT2D eigenvalue weighted by molar-refractivity contribution is 5.96. The van der Waals surface area contributed by atoms with Gasteiger partial charge in [-0.05, 0) is 65.1 Å². The standard InChI is InChI=1S/C24H38N4O2.C2H5NO/c1-16(2)27(6)17-10-12-18(13-11-17)28-15-14-20(23(28)30)26-22(29)19-8-7-9-21(25-19)24(3,4)5;1-2(3)4/h7-9,16-18,20H,10-15H2,1-6H3,(H,26,29);1H3,(H2,3,4). The first-order chi connectivity index (χ1) is 15.8. The molecule has 1 aliphatic heterocycles. The number of carbonyl (C=O) groups is 3. The van der Waals surface area contributed by atoms with Crippen LogP contribution in [0.15, 0.2) is 18.2 Å². The van der Waals surface area contributed by atoms with Gasteiger partial charge in [0.25, 0.3) is 5.91 Å². The fourth-order valence-electron chi connectivity index (χ4n) is 4.61. The summed E-state index contributed by atoms with van der Waals surface area (Å²) < 4.78 is 0. The second kappa shape index (κ2) is 11.8. The molecule has 1 aliphatic carbocycles. The Kier molecular flexibility index (Phi) is 9.62. The third-order valence-electron chi connectivity index (χ3n) is 6.79. The number of aromatic nitrogens is 1. The van der Waals surface area contributed by atoms with Gasteiger partial charge in [0.05, 0.1) is 0 Å². The summed E-state index contributed by atoms with van der Waals surface area (Å²) in [7, 11) is 2.20. The van der Waals surface area contributed by atoms with Gasteiger partial charge in [-0.25, -0.2) is 4.98 Å². The number of likely N-dealkylation sites (tertiary alicyclic amines) is 1. The summed E-state index contributed by atoms with van der Waals surface area (Å²) in [5, 5.41) is 2.93. The van der Waals surface area contributed by atoms with Crippen LogP contribution in [-0.2, 0) is 15.0 Å². The molecular weight excluding hydrogens is 430 g/mol. The van der Waals surface area contributed by atoms with E-state index in [2.05, 4.69) is 62.6 Å². The van der Waals surface area contributed by atoms with Gasteiger partial charge in [-0.2, -0.15) is 0 Å². The van der Waals surface area contributed by atoms with Crippen molar-refractivity contribution in [1.82, 2.24) is 20.1 Å². The van der Waals surface area contributed by atoms with Crippen molar-refractivity contribution < 1.29 is 14.4 Å². The monoisotopic (exact) mass is 473 g/mol. The first kappa shape index (κ1) is 27.8. The molecule has 190 valence electrons. The number of rotatable bonds is 5. The van der Waals surface area contributed by atoms with Crippen LogP contribution in [0.1, 0.15) is 89.8 Å². The fraction of sp³-hybridized carbons (Fsp3) is 0.692. The van der Waals surface area contributed by atoms with Crippen LogP contribution in [-0.4, -0.2) is 70.3 Å². The van der Waals surface area contributed by atoms with Crippen LogP contribution >= 0.6 is 0 Å². The first-order valence-electron chi connectivity index (χ1n) is 12.4. The van der Waals surface area contributed by atoms with Gasteiger partial charge in [0.2, 0.25) is 11.8 Å². The van der Waals surface area contributed by atoms with E-state index in [-0.39, 0.29) is 23.1 Å². The van der Waals surface area contributed by atoms with Gasteiger partial charge in [0.15, 0.2) is 0 Å². The van der Waals surface area contributed by atoms with Gasteiger partial charge in [0.1, 0.15) is 11.7 Å². The van der Waals surface area contributed by atoms with Crippen molar-refractivity contribution in [1.29, 1.82) is 0 Å². The van der Waals surface area contributed by atoms with E-state index in [0.717, 1.165) is 37.9 Å². The molecule has 1 atom stereocenters. The van der Waals surface area contributed by atoms with Gasteiger partial charge in [-0.3, -0.25) is 14.4 Å². The van der Waals surface area contributed by atoms with Crippen LogP contribution in [0.4, 0.5) is 0 Å². The zero-order chi connectivity index (χ0) is 25.6. The Morgan fingerprint density at radius 3 is 2.26 bits per heavy atom. The molecule has 0 aromatic carbocycles. The number of hydrogen-bond acceptors (Lipinski definition) is 5.